The van der Waals surface area contributed by atoms with Crippen LogP contribution in [0.1, 0.15) is 30.9 Å². The van der Waals surface area contributed by atoms with Crippen LogP contribution in [0.2, 0.25) is 0 Å². The minimum Gasteiger partial charge on any atom is -0.387 e. The molecule has 2 aliphatic heterocycles. The van der Waals surface area contributed by atoms with Crippen molar-refractivity contribution >= 4 is 11.3 Å². The average Bonchev–Trinajstić information content (AvgIpc) is 3.08. The Morgan fingerprint density at radius 3 is 3.21 bits per heavy atom. The SMILES string of the molecule is OC(CNC1CCOC2(CCOC2)C1)c1ccsc1. The summed E-state index contributed by atoms with van der Waals surface area (Å²) in [6, 6.07) is 2.40. The molecule has 1 aromatic heterocycles. The van der Waals surface area contributed by atoms with Crippen molar-refractivity contribution in [1.82, 2.24) is 5.32 Å². The fraction of sp³-hybridized carbons (Fsp3) is 0.714. The number of aliphatic hydroxyl groups excluding tert-OH is 1. The lowest BCUT2D eigenvalue weighted by Crippen LogP contribution is -2.48. The van der Waals surface area contributed by atoms with Gasteiger partial charge < -0.3 is 19.9 Å². The van der Waals surface area contributed by atoms with Gasteiger partial charge in [-0.2, -0.15) is 11.3 Å². The van der Waals surface area contributed by atoms with E-state index in [0.29, 0.717) is 12.6 Å². The van der Waals surface area contributed by atoms with Crippen LogP contribution in [-0.4, -0.2) is 43.1 Å². The summed E-state index contributed by atoms with van der Waals surface area (Å²) in [5.74, 6) is 0. The van der Waals surface area contributed by atoms with Gasteiger partial charge >= 0.3 is 0 Å². The van der Waals surface area contributed by atoms with Gasteiger partial charge in [0.15, 0.2) is 0 Å². The molecule has 4 nitrogen and oxygen atoms in total. The highest BCUT2D eigenvalue weighted by Gasteiger charge is 2.40. The molecule has 3 heterocycles. The van der Waals surface area contributed by atoms with Crippen LogP contribution in [0.4, 0.5) is 0 Å². The van der Waals surface area contributed by atoms with Crippen molar-refractivity contribution in [2.45, 2.75) is 37.0 Å². The Kier molecular flexibility index (Phi) is 4.19. The molecule has 19 heavy (non-hydrogen) atoms. The maximum Gasteiger partial charge on any atom is 0.0951 e. The number of hydrogen-bond acceptors (Lipinski definition) is 5. The molecule has 2 saturated heterocycles. The van der Waals surface area contributed by atoms with E-state index in [1.54, 1.807) is 11.3 Å². The summed E-state index contributed by atoms with van der Waals surface area (Å²) in [5.41, 5.74) is 0.937. The summed E-state index contributed by atoms with van der Waals surface area (Å²) in [6.07, 6.45) is 2.59. The molecule has 1 aromatic rings. The van der Waals surface area contributed by atoms with E-state index in [9.17, 15) is 5.11 Å². The van der Waals surface area contributed by atoms with Crippen LogP contribution in [0.5, 0.6) is 0 Å². The molecule has 1 spiro atoms. The second-order valence-corrected chi connectivity index (χ2v) is 6.28. The number of ether oxygens (including phenoxy) is 2. The van der Waals surface area contributed by atoms with Crippen LogP contribution in [0, 0.1) is 0 Å². The van der Waals surface area contributed by atoms with Gasteiger partial charge in [-0.25, -0.2) is 0 Å². The maximum atomic E-state index is 10.1. The van der Waals surface area contributed by atoms with E-state index in [0.717, 1.165) is 44.6 Å². The van der Waals surface area contributed by atoms with Crippen molar-refractivity contribution in [3.8, 4) is 0 Å². The monoisotopic (exact) mass is 283 g/mol. The lowest BCUT2D eigenvalue weighted by Gasteiger charge is -2.37. The van der Waals surface area contributed by atoms with Gasteiger partial charge in [-0.3, -0.25) is 0 Å². The van der Waals surface area contributed by atoms with Gasteiger partial charge in [0.25, 0.3) is 0 Å². The number of aliphatic hydroxyl groups is 1. The highest BCUT2D eigenvalue weighted by molar-refractivity contribution is 7.07. The average molecular weight is 283 g/mol. The molecule has 2 aliphatic rings. The predicted octanol–water partition coefficient (Wildman–Crippen LogP) is 1.71. The van der Waals surface area contributed by atoms with Crippen molar-refractivity contribution in [1.29, 1.82) is 0 Å². The lowest BCUT2D eigenvalue weighted by atomic mass is 9.89. The van der Waals surface area contributed by atoms with E-state index in [2.05, 4.69) is 5.32 Å². The first-order valence-corrected chi connectivity index (χ1v) is 7.87. The zero-order valence-electron chi connectivity index (χ0n) is 11.0. The fourth-order valence-corrected chi connectivity index (χ4v) is 3.63. The van der Waals surface area contributed by atoms with E-state index < -0.39 is 6.10 Å². The van der Waals surface area contributed by atoms with Crippen LogP contribution >= 0.6 is 11.3 Å². The first-order chi connectivity index (χ1) is 9.27. The quantitative estimate of drug-likeness (QED) is 0.883. The van der Waals surface area contributed by atoms with Crippen molar-refractivity contribution in [2.75, 3.05) is 26.4 Å². The molecule has 2 N–H and O–H groups in total. The molecule has 0 amide bonds. The molecular weight excluding hydrogens is 262 g/mol. The van der Waals surface area contributed by atoms with Crippen molar-refractivity contribution in [2.24, 2.45) is 0 Å². The third-order valence-corrected chi connectivity index (χ3v) is 4.79. The summed E-state index contributed by atoms with van der Waals surface area (Å²) in [5, 5.41) is 17.6. The summed E-state index contributed by atoms with van der Waals surface area (Å²) in [7, 11) is 0. The third kappa shape index (κ3) is 3.17. The summed E-state index contributed by atoms with van der Waals surface area (Å²) in [6.45, 7) is 2.93. The molecule has 0 aromatic carbocycles. The van der Waals surface area contributed by atoms with E-state index >= 15 is 0 Å². The summed E-state index contributed by atoms with van der Waals surface area (Å²) in [4.78, 5) is 0. The molecule has 5 heteroatoms. The Balaban J connectivity index is 1.50. The topological polar surface area (TPSA) is 50.7 Å². The van der Waals surface area contributed by atoms with Crippen molar-refractivity contribution in [3.05, 3.63) is 22.4 Å². The Morgan fingerprint density at radius 2 is 2.47 bits per heavy atom. The normalized spacial score (nSPS) is 32.8. The van der Waals surface area contributed by atoms with Crippen LogP contribution in [0.15, 0.2) is 16.8 Å². The lowest BCUT2D eigenvalue weighted by molar-refractivity contribution is -0.0900. The molecule has 3 unspecified atom stereocenters. The number of nitrogens with one attached hydrogen (secondary N) is 1. The number of hydrogen-bond donors (Lipinski definition) is 2. The largest absolute Gasteiger partial charge is 0.387 e. The molecule has 3 rings (SSSR count). The molecule has 0 bridgehead atoms. The molecule has 0 aliphatic carbocycles. The van der Waals surface area contributed by atoms with E-state index in [1.165, 1.54) is 0 Å². The number of rotatable bonds is 4. The van der Waals surface area contributed by atoms with Gasteiger partial charge in [-0.05, 0) is 35.2 Å². The molecule has 106 valence electrons. The molecule has 3 atom stereocenters. The van der Waals surface area contributed by atoms with Crippen LogP contribution in [0.3, 0.4) is 0 Å². The predicted molar refractivity (Wildman–Crippen MR) is 74.4 cm³/mol. The Hall–Kier alpha value is -0.460. The fourth-order valence-electron chi connectivity index (χ4n) is 2.93. The Morgan fingerprint density at radius 1 is 1.53 bits per heavy atom. The maximum absolute atomic E-state index is 10.1. The van der Waals surface area contributed by atoms with Gasteiger partial charge in [-0.15, -0.1) is 0 Å². The van der Waals surface area contributed by atoms with Crippen LogP contribution in [0.25, 0.3) is 0 Å². The third-order valence-electron chi connectivity index (χ3n) is 4.09. The summed E-state index contributed by atoms with van der Waals surface area (Å²) >= 11 is 1.62. The van der Waals surface area contributed by atoms with Gasteiger partial charge in [0.1, 0.15) is 0 Å². The van der Waals surface area contributed by atoms with Crippen molar-refractivity contribution < 1.29 is 14.6 Å². The molecular formula is C14H21NO3S. The van der Waals surface area contributed by atoms with Crippen LogP contribution in [-0.2, 0) is 9.47 Å². The van der Waals surface area contributed by atoms with E-state index in [1.807, 2.05) is 16.8 Å². The second kappa shape index (κ2) is 5.89. The smallest absolute Gasteiger partial charge is 0.0951 e. The van der Waals surface area contributed by atoms with Gasteiger partial charge in [0.05, 0.1) is 18.3 Å². The zero-order chi connectivity index (χ0) is 13.1. The first kappa shape index (κ1) is 13.5. The minimum absolute atomic E-state index is 0.0662. The standard InChI is InChI=1S/C14H21NO3S/c16-13(11-2-6-19-9-11)8-15-12-1-4-18-14(7-12)3-5-17-10-14/h2,6,9,12-13,15-16H,1,3-5,7-8,10H2. The molecule has 0 saturated carbocycles. The second-order valence-electron chi connectivity index (χ2n) is 5.50. The highest BCUT2D eigenvalue weighted by Crippen LogP contribution is 2.32. The van der Waals surface area contributed by atoms with Gasteiger partial charge in [0.2, 0.25) is 0 Å². The van der Waals surface area contributed by atoms with Crippen molar-refractivity contribution in [3.63, 3.8) is 0 Å². The number of thiophene rings is 1. The highest BCUT2D eigenvalue weighted by atomic mass is 32.1. The Labute approximate surface area is 117 Å². The molecule has 0 radical (unpaired) electrons. The van der Waals surface area contributed by atoms with E-state index in [-0.39, 0.29) is 5.60 Å². The van der Waals surface area contributed by atoms with Gasteiger partial charge in [0, 0.05) is 32.2 Å². The summed E-state index contributed by atoms with van der Waals surface area (Å²) < 4.78 is 11.4. The van der Waals surface area contributed by atoms with Gasteiger partial charge in [-0.1, -0.05) is 0 Å². The minimum atomic E-state index is -0.412. The Bertz CT molecular complexity index is 389. The van der Waals surface area contributed by atoms with Crippen LogP contribution < -0.4 is 5.32 Å². The first-order valence-electron chi connectivity index (χ1n) is 6.93. The zero-order valence-corrected chi connectivity index (χ0v) is 11.8. The molecule has 2 fully saturated rings. The van der Waals surface area contributed by atoms with E-state index in [4.69, 9.17) is 9.47 Å².